The molecule has 0 radical (unpaired) electrons. The van der Waals surface area contributed by atoms with Gasteiger partial charge in [-0.05, 0) is 36.6 Å². The Morgan fingerprint density at radius 2 is 2.11 bits per heavy atom. The van der Waals surface area contributed by atoms with Gasteiger partial charge in [0.25, 0.3) is 0 Å². The van der Waals surface area contributed by atoms with Gasteiger partial charge in [-0.3, -0.25) is 0 Å². The van der Waals surface area contributed by atoms with E-state index in [4.69, 9.17) is 27.9 Å². The van der Waals surface area contributed by atoms with E-state index in [0.29, 0.717) is 33.1 Å². The van der Waals surface area contributed by atoms with Crippen LogP contribution in [0.3, 0.4) is 0 Å². The van der Waals surface area contributed by atoms with Crippen molar-refractivity contribution in [2.75, 3.05) is 0 Å². The molecule has 98 valence electrons. The highest BCUT2D eigenvalue weighted by Gasteiger charge is 2.32. The summed E-state index contributed by atoms with van der Waals surface area (Å²) in [4.78, 5) is 16.0. The predicted octanol–water partition coefficient (Wildman–Crippen LogP) is 4.09. The summed E-state index contributed by atoms with van der Waals surface area (Å²) in [7, 11) is 0. The molecule has 1 aliphatic heterocycles. The normalized spacial score (nSPS) is 21.3. The van der Waals surface area contributed by atoms with E-state index in [1.165, 1.54) is 6.42 Å². The molecule has 0 bridgehead atoms. The lowest BCUT2D eigenvalue weighted by Gasteiger charge is -2.23. The number of rotatable bonds is 2. The standard InChI is InChI=1S/C14H11Cl2NO2/c15-10-5-4-9(11(16)7-10)6-12-14(18)19-13(17-12)8-2-1-3-8/h4-8H,1-3H2/b12-6-. The van der Waals surface area contributed by atoms with Crippen LogP contribution in [0.5, 0.6) is 0 Å². The van der Waals surface area contributed by atoms with Gasteiger partial charge in [0.15, 0.2) is 5.70 Å². The van der Waals surface area contributed by atoms with E-state index < -0.39 is 5.97 Å². The van der Waals surface area contributed by atoms with Gasteiger partial charge in [0, 0.05) is 16.0 Å². The zero-order chi connectivity index (χ0) is 13.4. The third-order valence-corrected chi connectivity index (χ3v) is 3.91. The Morgan fingerprint density at radius 1 is 1.32 bits per heavy atom. The first kappa shape index (κ1) is 12.7. The van der Waals surface area contributed by atoms with Crippen LogP contribution in [-0.2, 0) is 9.53 Å². The van der Waals surface area contributed by atoms with Crippen molar-refractivity contribution >= 4 is 41.1 Å². The fourth-order valence-electron chi connectivity index (χ4n) is 2.02. The quantitative estimate of drug-likeness (QED) is 0.609. The average Bonchev–Trinajstić information content (AvgIpc) is 2.61. The van der Waals surface area contributed by atoms with Gasteiger partial charge in [0.1, 0.15) is 0 Å². The highest BCUT2D eigenvalue weighted by Crippen LogP contribution is 2.32. The number of hydrogen-bond acceptors (Lipinski definition) is 3. The molecule has 19 heavy (non-hydrogen) atoms. The molecular weight excluding hydrogens is 285 g/mol. The summed E-state index contributed by atoms with van der Waals surface area (Å²) in [5.41, 5.74) is 1.00. The number of hydrogen-bond donors (Lipinski definition) is 0. The minimum absolute atomic E-state index is 0.297. The van der Waals surface area contributed by atoms with E-state index in [-0.39, 0.29) is 0 Å². The van der Waals surface area contributed by atoms with E-state index in [2.05, 4.69) is 4.99 Å². The molecule has 1 aliphatic carbocycles. The Hall–Kier alpha value is -1.32. The second-order valence-electron chi connectivity index (χ2n) is 4.66. The molecule has 1 fully saturated rings. The first-order valence-electron chi connectivity index (χ1n) is 6.11. The Balaban J connectivity index is 1.90. The van der Waals surface area contributed by atoms with E-state index in [1.807, 2.05) is 0 Å². The Morgan fingerprint density at radius 3 is 2.74 bits per heavy atom. The average molecular weight is 296 g/mol. The van der Waals surface area contributed by atoms with Gasteiger partial charge >= 0.3 is 5.97 Å². The van der Waals surface area contributed by atoms with Gasteiger partial charge in [-0.25, -0.2) is 9.79 Å². The molecule has 0 N–H and O–H groups in total. The van der Waals surface area contributed by atoms with Crippen LogP contribution in [0, 0.1) is 5.92 Å². The van der Waals surface area contributed by atoms with Crippen molar-refractivity contribution in [2.45, 2.75) is 19.3 Å². The summed E-state index contributed by atoms with van der Waals surface area (Å²) in [5.74, 6) is 0.441. The SMILES string of the molecule is O=C1OC(C2CCC2)=N/C1=C\c1ccc(Cl)cc1Cl. The number of carbonyl (C=O) groups is 1. The molecule has 2 aliphatic rings. The largest absolute Gasteiger partial charge is 0.406 e. The number of cyclic esters (lactones) is 1. The number of nitrogens with zero attached hydrogens (tertiary/aromatic N) is 1. The third-order valence-electron chi connectivity index (χ3n) is 3.35. The lowest BCUT2D eigenvalue weighted by Crippen LogP contribution is -2.22. The molecule has 0 saturated heterocycles. The minimum atomic E-state index is -0.409. The first-order valence-corrected chi connectivity index (χ1v) is 6.86. The van der Waals surface area contributed by atoms with E-state index in [0.717, 1.165) is 12.8 Å². The third kappa shape index (κ3) is 2.53. The molecule has 1 heterocycles. The molecule has 1 aromatic carbocycles. The number of aliphatic imine (C=N–C) groups is 1. The van der Waals surface area contributed by atoms with Gasteiger partial charge in [-0.1, -0.05) is 35.7 Å². The summed E-state index contributed by atoms with van der Waals surface area (Å²) < 4.78 is 5.19. The van der Waals surface area contributed by atoms with Crippen molar-refractivity contribution in [3.05, 3.63) is 39.5 Å². The summed E-state index contributed by atoms with van der Waals surface area (Å²) in [6, 6.07) is 5.10. The summed E-state index contributed by atoms with van der Waals surface area (Å²) >= 11 is 11.9. The molecule has 0 spiro atoms. The van der Waals surface area contributed by atoms with Crippen molar-refractivity contribution in [3.63, 3.8) is 0 Å². The molecule has 0 aromatic heterocycles. The topological polar surface area (TPSA) is 38.7 Å². The highest BCUT2D eigenvalue weighted by molar-refractivity contribution is 6.35. The number of carbonyl (C=O) groups excluding carboxylic acids is 1. The molecule has 1 saturated carbocycles. The zero-order valence-electron chi connectivity index (χ0n) is 10.0. The molecule has 3 rings (SSSR count). The number of ether oxygens (including phenoxy) is 1. The maximum atomic E-state index is 11.7. The molecule has 0 atom stereocenters. The lowest BCUT2D eigenvalue weighted by atomic mass is 9.85. The predicted molar refractivity (Wildman–Crippen MR) is 75.3 cm³/mol. The fourth-order valence-corrected chi connectivity index (χ4v) is 2.48. The van der Waals surface area contributed by atoms with Crippen LogP contribution in [0.15, 0.2) is 28.9 Å². The molecule has 0 amide bonds. The smallest absolute Gasteiger partial charge is 0.363 e. The van der Waals surface area contributed by atoms with Crippen LogP contribution >= 0.6 is 23.2 Å². The van der Waals surface area contributed by atoms with Gasteiger partial charge in [0.2, 0.25) is 5.90 Å². The first-order chi connectivity index (χ1) is 9.13. The molecule has 0 unspecified atom stereocenters. The lowest BCUT2D eigenvalue weighted by molar-refractivity contribution is -0.130. The monoisotopic (exact) mass is 295 g/mol. The summed E-state index contributed by atoms with van der Waals surface area (Å²) in [5, 5.41) is 1.04. The maximum absolute atomic E-state index is 11.7. The fraction of sp³-hybridized carbons (Fsp3) is 0.286. The van der Waals surface area contributed by atoms with Gasteiger partial charge in [0.05, 0.1) is 0 Å². The van der Waals surface area contributed by atoms with Crippen molar-refractivity contribution < 1.29 is 9.53 Å². The van der Waals surface area contributed by atoms with Gasteiger partial charge < -0.3 is 4.74 Å². The zero-order valence-corrected chi connectivity index (χ0v) is 11.5. The second-order valence-corrected chi connectivity index (χ2v) is 5.51. The summed E-state index contributed by atoms with van der Waals surface area (Å²) in [6.07, 6.45) is 4.89. The molecule has 5 heteroatoms. The van der Waals surface area contributed by atoms with Crippen molar-refractivity contribution in [3.8, 4) is 0 Å². The van der Waals surface area contributed by atoms with E-state index in [9.17, 15) is 4.79 Å². The van der Waals surface area contributed by atoms with E-state index in [1.54, 1.807) is 24.3 Å². The van der Waals surface area contributed by atoms with Crippen LogP contribution in [0.1, 0.15) is 24.8 Å². The molecular formula is C14H11Cl2NO2. The Bertz CT molecular complexity index is 603. The van der Waals surface area contributed by atoms with Crippen LogP contribution in [0.25, 0.3) is 6.08 Å². The Labute approximate surface area is 120 Å². The van der Waals surface area contributed by atoms with Crippen molar-refractivity contribution in [1.82, 2.24) is 0 Å². The van der Waals surface area contributed by atoms with Gasteiger partial charge in [-0.15, -0.1) is 0 Å². The van der Waals surface area contributed by atoms with Crippen molar-refractivity contribution in [1.29, 1.82) is 0 Å². The second kappa shape index (κ2) is 4.99. The number of esters is 1. The van der Waals surface area contributed by atoms with Crippen LogP contribution < -0.4 is 0 Å². The number of halogens is 2. The van der Waals surface area contributed by atoms with Gasteiger partial charge in [-0.2, -0.15) is 0 Å². The highest BCUT2D eigenvalue weighted by atomic mass is 35.5. The summed E-state index contributed by atoms with van der Waals surface area (Å²) in [6.45, 7) is 0. The maximum Gasteiger partial charge on any atom is 0.363 e. The Kier molecular flexibility index (Phi) is 3.33. The molecule has 1 aromatic rings. The van der Waals surface area contributed by atoms with Crippen LogP contribution in [0.2, 0.25) is 10.0 Å². The van der Waals surface area contributed by atoms with Crippen LogP contribution in [0.4, 0.5) is 0 Å². The molecule has 3 nitrogen and oxygen atoms in total. The number of benzene rings is 1. The van der Waals surface area contributed by atoms with E-state index >= 15 is 0 Å². The van der Waals surface area contributed by atoms with Crippen LogP contribution in [-0.4, -0.2) is 11.9 Å². The minimum Gasteiger partial charge on any atom is -0.406 e. The van der Waals surface area contributed by atoms with Crippen molar-refractivity contribution in [2.24, 2.45) is 10.9 Å².